The first-order valence-corrected chi connectivity index (χ1v) is 16.2. The van der Waals surface area contributed by atoms with Gasteiger partial charge < -0.3 is 42.2 Å². The van der Waals surface area contributed by atoms with Crippen LogP contribution in [0.4, 0.5) is 0 Å². The van der Waals surface area contributed by atoms with Crippen LogP contribution < -0.4 is 37.1 Å². The third-order valence-corrected chi connectivity index (χ3v) is 8.03. The normalized spacial score (nSPS) is 15.0. The number of unbranched alkanes of at least 4 members (excludes halogenated alkanes) is 1. The molecule has 2 aromatic carbocycles. The molecule has 2 aromatic rings. The van der Waals surface area contributed by atoms with Gasteiger partial charge in [-0.25, -0.2) is 4.79 Å². The van der Waals surface area contributed by atoms with Gasteiger partial charge in [-0.05, 0) is 74.9 Å². The first kappa shape index (κ1) is 37.0. The first-order chi connectivity index (χ1) is 22.6. The van der Waals surface area contributed by atoms with Crippen molar-refractivity contribution in [1.29, 1.82) is 0 Å². The number of aliphatic carboxylic acids is 1. The third kappa shape index (κ3) is 13.8. The molecular weight excluding hydrogens is 604 g/mol. The topological polar surface area (TPSA) is 201 Å². The lowest BCUT2D eigenvalue weighted by Crippen LogP contribution is -2.56. The molecule has 0 aromatic heterocycles. The van der Waals surface area contributed by atoms with Crippen LogP contribution in [0.25, 0.3) is 0 Å². The number of carboxylic acid groups (broad SMARTS) is 1. The molecule has 1 saturated heterocycles. The van der Waals surface area contributed by atoms with Gasteiger partial charge in [0.25, 0.3) is 0 Å². The van der Waals surface area contributed by atoms with E-state index in [-0.39, 0.29) is 25.9 Å². The molecule has 3 atom stereocenters. The maximum absolute atomic E-state index is 13.4. The zero-order valence-electron chi connectivity index (χ0n) is 27.0. The molecule has 13 heteroatoms. The number of carboxylic acids is 1. The standard InChI is InChI=1S/C34H48N6O7/c1-23(38-31(42)22-37-30(41)21-35)32(43)39-28(19-25-8-3-2-4-9-25)33(44)40-29(34(45)46)20-26-10-12-27(13-11-26)47-18-6-5-7-24-14-16-36-17-15-24/h2-4,8-13,23-24,28-29,36H,5-7,14-22,35H2,1H3,(H,37,41)(H,38,42)(H,39,43)(H,40,44)(H,45,46). The van der Waals surface area contributed by atoms with Crippen molar-refractivity contribution < 1.29 is 33.8 Å². The largest absolute Gasteiger partial charge is 0.494 e. The van der Waals surface area contributed by atoms with Crippen LogP contribution in [0.2, 0.25) is 0 Å². The Morgan fingerprint density at radius 2 is 1.49 bits per heavy atom. The van der Waals surface area contributed by atoms with E-state index in [4.69, 9.17) is 10.5 Å². The summed E-state index contributed by atoms with van der Waals surface area (Å²) in [6, 6.07) is 12.6. The highest BCUT2D eigenvalue weighted by atomic mass is 16.5. The van der Waals surface area contributed by atoms with Crippen molar-refractivity contribution in [3.05, 3.63) is 65.7 Å². The Morgan fingerprint density at radius 3 is 2.15 bits per heavy atom. The molecule has 3 rings (SSSR count). The average Bonchev–Trinajstić information content (AvgIpc) is 3.07. The number of carbonyl (C=O) groups is 5. The molecule has 13 nitrogen and oxygen atoms in total. The third-order valence-electron chi connectivity index (χ3n) is 8.03. The van der Waals surface area contributed by atoms with Crippen LogP contribution >= 0.6 is 0 Å². The summed E-state index contributed by atoms with van der Waals surface area (Å²) < 4.78 is 5.88. The van der Waals surface area contributed by atoms with E-state index in [0.29, 0.717) is 17.9 Å². The summed E-state index contributed by atoms with van der Waals surface area (Å²) in [7, 11) is 0. The van der Waals surface area contributed by atoms with Crippen LogP contribution in [0.15, 0.2) is 54.6 Å². The number of nitrogens with one attached hydrogen (secondary N) is 5. The van der Waals surface area contributed by atoms with E-state index < -0.39 is 47.7 Å². The Labute approximate surface area is 275 Å². The summed E-state index contributed by atoms with van der Waals surface area (Å²) in [4.78, 5) is 62.0. The zero-order valence-corrected chi connectivity index (χ0v) is 27.0. The minimum absolute atomic E-state index is 0.0184. The highest BCUT2D eigenvalue weighted by Gasteiger charge is 2.29. The predicted molar refractivity (Wildman–Crippen MR) is 176 cm³/mol. The molecule has 1 heterocycles. The Kier molecular flexibility index (Phi) is 15.7. The molecule has 0 aliphatic carbocycles. The number of rotatable bonds is 19. The number of hydrogen-bond acceptors (Lipinski definition) is 8. The molecule has 0 radical (unpaired) electrons. The maximum Gasteiger partial charge on any atom is 0.326 e. The molecule has 47 heavy (non-hydrogen) atoms. The molecule has 0 saturated carbocycles. The number of benzene rings is 2. The van der Waals surface area contributed by atoms with Crippen LogP contribution in [-0.4, -0.2) is 85.6 Å². The maximum atomic E-state index is 13.4. The quantitative estimate of drug-likeness (QED) is 0.106. The van der Waals surface area contributed by atoms with Gasteiger partial charge in [-0.15, -0.1) is 0 Å². The van der Waals surface area contributed by atoms with E-state index >= 15 is 0 Å². The Bertz CT molecular complexity index is 1300. The average molecular weight is 653 g/mol. The van der Waals surface area contributed by atoms with Crippen LogP contribution in [0.1, 0.15) is 50.2 Å². The molecule has 8 N–H and O–H groups in total. The number of ether oxygens (including phenoxy) is 1. The molecule has 1 fully saturated rings. The second-order valence-corrected chi connectivity index (χ2v) is 11.8. The van der Waals surface area contributed by atoms with Crippen molar-refractivity contribution in [3.63, 3.8) is 0 Å². The van der Waals surface area contributed by atoms with Gasteiger partial charge >= 0.3 is 5.97 Å². The van der Waals surface area contributed by atoms with Crippen molar-refractivity contribution in [1.82, 2.24) is 26.6 Å². The van der Waals surface area contributed by atoms with Crippen LogP contribution in [0.3, 0.4) is 0 Å². The van der Waals surface area contributed by atoms with E-state index in [1.54, 1.807) is 48.5 Å². The van der Waals surface area contributed by atoms with Gasteiger partial charge in [0.15, 0.2) is 0 Å². The number of nitrogens with two attached hydrogens (primary N) is 1. The Balaban J connectivity index is 1.55. The van der Waals surface area contributed by atoms with Gasteiger partial charge in [-0.1, -0.05) is 48.9 Å². The lowest BCUT2D eigenvalue weighted by molar-refractivity contribution is -0.142. The van der Waals surface area contributed by atoms with Gasteiger partial charge in [0, 0.05) is 12.8 Å². The van der Waals surface area contributed by atoms with Crippen molar-refractivity contribution in [2.75, 3.05) is 32.8 Å². The molecule has 256 valence electrons. The fourth-order valence-corrected chi connectivity index (χ4v) is 5.29. The second-order valence-electron chi connectivity index (χ2n) is 11.8. The van der Waals surface area contributed by atoms with E-state index in [2.05, 4.69) is 26.6 Å². The monoisotopic (exact) mass is 652 g/mol. The predicted octanol–water partition coefficient (Wildman–Crippen LogP) is 0.654. The second kappa shape index (κ2) is 19.9. The lowest BCUT2D eigenvalue weighted by Gasteiger charge is -2.23. The fraction of sp³-hybridized carbons (Fsp3) is 0.500. The summed E-state index contributed by atoms with van der Waals surface area (Å²) >= 11 is 0. The van der Waals surface area contributed by atoms with E-state index in [1.807, 2.05) is 6.07 Å². The molecule has 1 aliphatic heterocycles. The summed E-state index contributed by atoms with van der Waals surface area (Å²) in [5.74, 6) is -2.22. The Hall–Kier alpha value is -4.49. The highest BCUT2D eigenvalue weighted by Crippen LogP contribution is 2.19. The first-order valence-electron chi connectivity index (χ1n) is 16.2. The summed E-state index contributed by atoms with van der Waals surface area (Å²) in [5.41, 5.74) is 6.64. The smallest absolute Gasteiger partial charge is 0.326 e. The van der Waals surface area contributed by atoms with E-state index in [1.165, 1.54) is 26.2 Å². The van der Waals surface area contributed by atoms with Gasteiger partial charge in [0.2, 0.25) is 23.6 Å². The summed E-state index contributed by atoms with van der Waals surface area (Å²) in [5, 5.41) is 23.3. The van der Waals surface area contributed by atoms with E-state index in [9.17, 15) is 29.1 Å². The van der Waals surface area contributed by atoms with Crippen molar-refractivity contribution >= 4 is 29.6 Å². The van der Waals surface area contributed by atoms with Gasteiger partial charge in [-0.2, -0.15) is 0 Å². The summed E-state index contributed by atoms with van der Waals surface area (Å²) in [6.45, 7) is 3.60. The molecule has 3 unspecified atom stereocenters. The lowest BCUT2D eigenvalue weighted by atomic mass is 9.93. The molecule has 0 bridgehead atoms. The molecule has 1 aliphatic rings. The minimum atomic E-state index is -1.26. The van der Waals surface area contributed by atoms with Gasteiger partial charge in [0.05, 0.1) is 19.7 Å². The SMILES string of the molecule is CC(NC(=O)CNC(=O)CN)C(=O)NC(Cc1ccccc1)C(=O)NC(Cc1ccc(OCCCCC2CCNCC2)cc1)C(=O)O. The Morgan fingerprint density at radius 1 is 0.851 bits per heavy atom. The molecule has 4 amide bonds. The van der Waals surface area contributed by atoms with Gasteiger partial charge in [-0.3, -0.25) is 19.2 Å². The molecular formula is C34H48N6O7. The van der Waals surface area contributed by atoms with Crippen molar-refractivity contribution in [3.8, 4) is 5.75 Å². The number of carbonyl (C=O) groups excluding carboxylic acids is 4. The fourth-order valence-electron chi connectivity index (χ4n) is 5.29. The number of amides is 4. The van der Waals surface area contributed by atoms with Crippen LogP contribution in [0.5, 0.6) is 5.75 Å². The minimum Gasteiger partial charge on any atom is -0.494 e. The number of piperidine rings is 1. The van der Waals surface area contributed by atoms with Crippen LogP contribution in [0, 0.1) is 5.92 Å². The van der Waals surface area contributed by atoms with Crippen molar-refractivity contribution in [2.45, 2.75) is 70.0 Å². The van der Waals surface area contributed by atoms with E-state index in [0.717, 1.165) is 37.4 Å². The summed E-state index contributed by atoms with van der Waals surface area (Å²) in [6.07, 6.45) is 5.89. The van der Waals surface area contributed by atoms with Crippen LogP contribution in [-0.2, 0) is 36.8 Å². The van der Waals surface area contributed by atoms with Crippen molar-refractivity contribution in [2.24, 2.45) is 11.7 Å². The number of hydrogen-bond donors (Lipinski definition) is 7. The zero-order chi connectivity index (χ0) is 34.0. The highest BCUT2D eigenvalue weighted by molar-refractivity contribution is 5.94. The van der Waals surface area contributed by atoms with Gasteiger partial charge in [0.1, 0.15) is 23.9 Å². The molecule has 0 spiro atoms.